The van der Waals surface area contributed by atoms with Gasteiger partial charge in [0.25, 0.3) is 5.91 Å². The Bertz CT molecular complexity index is 624. The number of ether oxygens (including phenoxy) is 1. The monoisotopic (exact) mass is 304 g/mol. The maximum atomic E-state index is 11.5. The molecule has 21 heavy (non-hydrogen) atoms. The number of benzene rings is 1. The van der Waals surface area contributed by atoms with Gasteiger partial charge in [0, 0.05) is 10.9 Å². The summed E-state index contributed by atoms with van der Waals surface area (Å²) in [6.07, 6.45) is 0.497. The van der Waals surface area contributed by atoms with E-state index >= 15 is 0 Å². The van der Waals surface area contributed by atoms with Crippen LogP contribution >= 0.6 is 11.3 Å². The van der Waals surface area contributed by atoms with E-state index in [1.807, 2.05) is 31.4 Å². The van der Waals surface area contributed by atoms with Gasteiger partial charge in [-0.1, -0.05) is 19.1 Å². The lowest BCUT2D eigenvalue weighted by Gasteiger charge is -2.25. The van der Waals surface area contributed by atoms with E-state index in [1.54, 1.807) is 29.5 Å². The predicted molar refractivity (Wildman–Crippen MR) is 85.7 cm³/mol. The quantitative estimate of drug-likeness (QED) is 0.861. The highest BCUT2D eigenvalue weighted by Gasteiger charge is 2.25. The fourth-order valence-corrected chi connectivity index (χ4v) is 3.16. The van der Waals surface area contributed by atoms with Gasteiger partial charge >= 0.3 is 0 Å². The largest absolute Gasteiger partial charge is 0.482 e. The summed E-state index contributed by atoms with van der Waals surface area (Å²) in [5.74, 6) is -0.0241. The van der Waals surface area contributed by atoms with Gasteiger partial charge in [-0.15, -0.1) is 11.3 Å². The Labute approximate surface area is 128 Å². The highest BCUT2D eigenvalue weighted by molar-refractivity contribution is 7.10. The Kier molecular flexibility index (Phi) is 4.98. The molecule has 0 fully saturated rings. The zero-order valence-corrected chi connectivity index (χ0v) is 13.0. The van der Waals surface area contributed by atoms with Crippen molar-refractivity contribution in [3.8, 4) is 5.75 Å². The normalized spacial score (nSPS) is 13.7. The van der Waals surface area contributed by atoms with Crippen LogP contribution in [-0.4, -0.2) is 11.9 Å². The number of rotatable bonds is 6. The van der Waals surface area contributed by atoms with Crippen molar-refractivity contribution in [1.82, 2.24) is 0 Å². The molecule has 1 amide bonds. The molecule has 2 unspecified atom stereocenters. The van der Waals surface area contributed by atoms with E-state index in [1.165, 1.54) is 0 Å². The van der Waals surface area contributed by atoms with Crippen LogP contribution in [0.4, 0.5) is 0 Å². The lowest BCUT2D eigenvalue weighted by atomic mass is 10.0. The van der Waals surface area contributed by atoms with Gasteiger partial charge in [0.05, 0.1) is 5.56 Å². The summed E-state index contributed by atoms with van der Waals surface area (Å²) in [5.41, 5.74) is 13.1. The molecule has 112 valence electrons. The van der Waals surface area contributed by atoms with E-state index < -0.39 is 5.91 Å². The molecule has 0 aliphatic carbocycles. The van der Waals surface area contributed by atoms with E-state index in [2.05, 4.69) is 0 Å². The van der Waals surface area contributed by atoms with Crippen molar-refractivity contribution in [2.45, 2.75) is 32.4 Å². The first kappa shape index (κ1) is 15.5. The summed E-state index contributed by atoms with van der Waals surface area (Å²) in [7, 11) is 0. The minimum absolute atomic E-state index is 0.150. The van der Waals surface area contributed by atoms with Crippen LogP contribution in [0.15, 0.2) is 35.7 Å². The Morgan fingerprint density at radius 3 is 2.62 bits per heavy atom. The Hall–Kier alpha value is -1.85. The maximum Gasteiger partial charge on any atom is 0.252 e. The number of carbonyl (C=O) groups excluding carboxylic acids is 1. The minimum Gasteiger partial charge on any atom is -0.482 e. The number of nitrogens with two attached hydrogens (primary N) is 2. The maximum absolute atomic E-state index is 11.5. The third-order valence-corrected chi connectivity index (χ3v) is 4.51. The van der Waals surface area contributed by atoms with Gasteiger partial charge in [-0.25, -0.2) is 0 Å². The van der Waals surface area contributed by atoms with Crippen LogP contribution in [0.3, 0.4) is 0 Å². The van der Waals surface area contributed by atoms with E-state index in [4.69, 9.17) is 16.2 Å². The first-order valence-corrected chi connectivity index (χ1v) is 7.77. The summed E-state index contributed by atoms with van der Waals surface area (Å²) < 4.78 is 6.07. The highest BCUT2D eigenvalue weighted by Crippen LogP contribution is 2.32. The SMILES string of the molecule is CCC(N)C(Oc1ccccc1C(N)=O)c1sccc1C. The van der Waals surface area contributed by atoms with Gasteiger partial charge in [-0.2, -0.15) is 0 Å². The molecular weight excluding hydrogens is 284 g/mol. The molecule has 0 saturated heterocycles. The second-order valence-electron chi connectivity index (χ2n) is 4.94. The molecular formula is C16H20N2O2S. The van der Waals surface area contributed by atoms with Gasteiger partial charge in [0.1, 0.15) is 11.9 Å². The van der Waals surface area contributed by atoms with Crippen molar-refractivity contribution < 1.29 is 9.53 Å². The fraction of sp³-hybridized carbons (Fsp3) is 0.312. The van der Waals surface area contributed by atoms with Gasteiger partial charge in [-0.05, 0) is 42.5 Å². The molecule has 0 aliphatic heterocycles. The van der Waals surface area contributed by atoms with E-state index in [0.717, 1.165) is 16.9 Å². The number of thiophene rings is 1. The molecule has 0 radical (unpaired) electrons. The van der Waals surface area contributed by atoms with Crippen LogP contribution in [0.1, 0.15) is 40.2 Å². The molecule has 4 nitrogen and oxygen atoms in total. The second-order valence-corrected chi connectivity index (χ2v) is 5.89. The molecule has 2 rings (SSSR count). The molecule has 2 aromatic rings. The molecule has 1 aromatic heterocycles. The Morgan fingerprint density at radius 1 is 1.33 bits per heavy atom. The van der Waals surface area contributed by atoms with E-state index in [9.17, 15) is 4.79 Å². The Balaban J connectivity index is 2.37. The minimum atomic E-state index is -0.502. The molecule has 2 atom stereocenters. The highest BCUT2D eigenvalue weighted by atomic mass is 32.1. The first-order valence-electron chi connectivity index (χ1n) is 6.89. The average Bonchev–Trinajstić information content (AvgIpc) is 2.90. The number of aryl methyl sites for hydroxylation is 1. The van der Waals surface area contributed by atoms with Crippen LogP contribution in [0, 0.1) is 6.92 Å². The van der Waals surface area contributed by atoms with Crippen molar-refractivity contribution in [1.29, 1.82) is 0 Å². The van der Waals surface area contributed by atoms with Crippen molar-refractivity contribution in [2.24, 2.45) is 11.5 Å². The number of amides is 1. The summed E-state index contributed by atoms with van der Waals surface area (Å²) in [6.45, 7) is 4.05. The van der Waals surface area contributed by atoms with Crippen molar-refractivity contribution in [3.05, 3.63) is 51.7 Å². The number of primary amides is 1. The zero-order valence-electron chi connectivity index (χ0n) is 12.2. The molecule has 1 heterocycles. The third-order valence-electron chi connectivity index (χ3n) is 3.43. The van der Waals surface area contributed by atoms with E-state index in [-0.39, 0.29) is 12.1 Å². The first-order chi connectivity index (χ1) is 10.0. The van der Waals surface area contributed by atoms with Gasteiger partial charge in [0.15, 0.2) is 0 Å². The summed E-state index contributed by atoms with van der Waals surface area (Å²) in [5, 5.41) is 2.02. The van der Waals surface area contributed by atoms with Crippen molar-refractivity contribution >= 4 is 17.2 Å². The summed E-state index contributed by atoms with van der Waals surface area (Å²) >= 11 is 1.61. The van der Waals surface area contributed by atoms with Crippen LogP contribution in [-0.2, 0) is 0 Å². The number of hydrogen-bond donors (Lipinski definition) is 2. The predicted octanol–water partition coefficient (Wildman–Crippen LogP) is 3.01. The number of para-hydroxylation sites is 1. The van der Waals surface area contributed by atoms with E-state index in [0.29, 0.717) is 11.3 Å². The lowest BCUT2D eigenvalue weighted by molar-refractivity contribution is 0.0990. The topological polar surface area (TPSA) is 78.3 Å². The van der Waals surface area contributed by atoms with Crippen LogP contribution in [0.25, 0.3) is 0 Å². The lowest BCUT2D eigenvalue weighted by Crippen LogP contribution is -2.31. The summed E-state index contributed by atoms with van der Waals surface area (Å²) in [6, 6.07) is 8.88. The Morgan fingerprint density at radius 2 is 2.05 bits per heavy atom. The molecule has 0 saturated carbocycles. The van der Waals surface area contributed by atoms with Crippen LogP contribution < -0.4 is 16.2 Å². The molecule has 0 bridgehead atoms. The van der Waals surface area contributed by atoms with Crippen LogP contribution in [0.2, 0.25) is 0 Å². The second kappa shape index (κ2) is 6.74. The van der Waals surface area contributed by atoms with Crippen molar-refractivity contribution in [2.75, 3.05) is 0 Å². The molecule has 4 N–H and O–H groups in total. The fourth-order valence-electron chi connectivity index (χ4n) is 2.14. The average molecular weight is 304 g/mol. The standard InChI is InChI=1S/C16H20N2O2S/c1-3-12(17)14(15-10(2)8-9-21-15)20-13-7-5-4-6-11(13)16(18)19/h4-9,12,14H,3,17H2,1-2H3,(H2,18,19). The third kappa shape index (κ3) is 3.43. The van der Waals surface area contributed by atoms with Crippen LogP contribution in [0.5, 0.6) is 5.75 Å². The summed E-state index contributed by atoms with van der Waals surface area (Å²) in [4.78, 5) is 12.6. The molecule has 5 heteroatoms. The van der Waals surface area contributed by atoms with Crippen molar-refractivity contribution in [3.63, 3.8) is 0 Å². The van der Waals surface area contributed by atoms with Gasteiger partial charge < -0.3 is 16.2 Å². The smallest absolute Gasteiger partial charge is 0.252 e. The molecule has 0 spiro atoms. The van der Waals surface area contributed by atoms with Gasteiger partial charge in [-0.3, -0.25) is 4.79 Å². The number of carbonyl (C=O) groups is 1. The van der Waals surface area contributed by atoms with Gasteiger partial charge in [0.2, 0.25) is 0 Å². The molecule has 0 aliphatic rings. The number of hydrogen-bond acceptors (Lipinski definition) is 4. The molecule has 1 aromatic carbocycles. The zero-order chi connectivity index (χ0) is 15.4.